The van der Waals surface area contributed by atoms with Gasteiger partial charge in [0, 0.05) is 11.8 Å². The molecule has 2 aromatic carbocycles. The topological polar surface area (TPSA) is 59.6 Å². The second kappa shape index (κ2) is 9.70. The summed E-state index contributed by atoms with van der Waals surface area (Å²) < 4.78 is 11.4. The Morgan fingerprint density at radius 1 is 1.04 bits per heavy atom. The molecule has 0 heterocycles. The molecule has 0 aliphatic rings. The molecule has 2 aromatic rings. The highest BCUT2D eigenvalue weighted by atomic mass is 16.5. The van der Waals surface area contributed by atoms with Gasteiger partial charge in [-0.3, -0.25) is 4.79 Å². The average Bonchev–Trinajstić information content (AvgIpc) is 2.60. The molecule has 0 saturated heterocycles. The molecule has 5 heteroatoms. The van der Waals surface area contributed by atoms with Gasteiger partial charge in [-0.05, 0) is 44.0 Å². The van der Waals surface area contributed by atoms with Gasteiger partial charge in [0.1, 0.15) is 11.5 Å². The Kier molecular flexibility index (Phi) is 7.33. The van der Waals surface area contributed by atoms with Crippen LogP contribution in [0.25, 0.3) is 0 Å². The fourth-order valence-corrected chi connectivity index (χ4v) is 2.26. The maximum Gasteiger partial charge on any atom is 0.243 e. The van der Waals surface area contributed by atoms with Crippen molar-refractivity contribution in [1.82, 2.24) is 0 Å². The number of benzene rings is 2. The molecule has 1 amide bonds. The SMILES string of the molecule is CC(C)COc1cccc(NCC(=O)Nc2ccccc2OC(C)C)c1. The van der Waals surface area contributed by atoms with Crippen LogP contribution in [0.3, 0.4) is 0 Å². The second-order valence-electron chi connectivity index (χ2n) is 6.80. The van der Waals surface area contributed by atoms with Crippen molar-refractivity contribution in [1.29, 1.82) is 0 Å². The largest absolute Gasteiger partial charge is 0.493 e. The molecule has 0 bridgehead atoms. The third-order valence-corrected chi connectivity index (χ3v) is 3.39. The predicted octanol–water partition coefficient (Wildman–Crippen LogP) is 4.56. The van der Waals surface area contributed by atoms with E-state index in [1.807, 2.05) is 62.4 Å². The van der Waals surface area contributed by atoms with Crippen LogP contribution in [0.15, 0.2) is 48.5 Å². The molecule has 5 nitrogen and oxygen atoms in total. The highest BCUT2D eigenvalue weighted by molar-refractivity contribution is 5.95. The van der Waals surface area contributed by atoms with Crippen LogP contribution in [0.1, 0.15) is 27.7 Å². The first-order valence-corrected chi connectivity index (χ1v) is 8.96. The molecule has 0 radical (unpaired) electrons. The molecule has 0 saturated carbocycles. The van der Waals surface area contributed by atoms with E-state index in [1.54, 1.807) is 0 Å². The Morgan fingerprint density at radius 2 is 1.81 bits per heavy atom. The van der Waals surface area contributed by atoms with E-state index in [0.717, 1.165) is 11.4 Å². The van der Waals surface area contributed by atoms with Gasteiger partial charge in [0.2, 0.25) is 5.91 Å². The molecule has 0 aliphatic carbocycles. The lowest BCUT2D eigenvalue weighted by atomic mass is 10.2. The fourth-order valence-electron chi connectivity index (χ4n) is 2.26. The van der Waals surface area contributed by atoms with Crippen molar-refractivity contribution >= 4 is 17.3 Å². The van der Waals surface area contributed by atoms with Crippen LogP contribution < -0.4 is 20.1 Å². The van der Waals surface area contributed by atoms with Gasteiger partial charge in [0.05, 0.1) is 24.9 Å². The lowest BCUT2D eigenvalue weighted by molar-refractivity contribution is -0.114. The molecule has 140 valence electrons. The minimum atomic E-state index is -0.140. The molecule has 0 aliphatic heterocycles. The number of hydrogen-bond acceptors (Lipinski definition) is 4. The Morgan fingerprint density at radius 3 is 2.54 bits per heavy atom. The molecule has 0 spiro atoms. The van der Waals surface area contributed by atoms with Crippen molar-refractivity contribution in [2.45, 2.75) is 33.8 Å². The normalized spacial score (nSPS) is 10.7. The van der Waals surface area contributed by atoms with Crippen LogP contribution in [0, 0.1) is 5.92 Å². The maximum absolute atomic E-state index is 12.3. The number of rotatable bonds is 9. The van der Waals surface area contributed by atoms with E-state index in [9.17, 15) is 4.79 Å². The third kappa shape index (κ3) is 6.67. The van der Waals surface area contributed by atoms with Gasteiger partial charge in [-0.15, -0.1) is 0 Å². The Bertz CT molecular complexity index is 714. The summed E-state index contributed by atoms with van der Waals surface area (Å²) in [6, 6.07) is 15.0. The number of hydrogen-bond donors (Lipinski definition) is 2. The van der Waals surface area contributed by atoms with E-state index in [1.165, 1.54) is 0 Å². The van der Waals surface area contributed by atoms with Gasteiger partial charge in [-0.1, -0.05) is 32.0 Å². The van der Waals surface area contributed by atoms with Crippen LogP contribution in [-0.4, -0.2) is 25.2 Å². The van der Waals surface area contributed by atoms with E-state index in [-0.39, 0.29) is 18.6 Å². The van der Waals surface area contributed by atoms with E-state index in [2.05, 4.69) is 24.5 Å². The number of para-hydroxylation sites is 2. The Hall–Kier alpha value is -2.69. The summed E-state index contributed by atoms with van der Waals surface area (Å²) >= 11 is 0. The van der Waals surface area contributed by atoms with Crippen molar-refractivity contribution in [2.24, 2.45) is 5.92 Å². The van der Waals surface area contributed by atoms with Crippen LogP contribution in [0.4, 0.5) is 11.4 Å². The monoisotopic (exact) mass is 356 g/mol. The summed E-state index contributed by atoms with van der Waals surface area (Å²) in [7, 11) is 0. The zero-order chi connectivity index (χ0) is 18.9. The van der Waals surface area contributed by atoms with Crippen LogP contribution in [-0.2, 0) is 4.79 Å². The summed E-state index contributed by atoms with van der Waals surface area (Å²) in [5.74, 6) is 1.78. The van der Waals surface area contributed by atoms with Gasteiger partial charge >= 0.3 is 0 Å². The lowest BCUT2D eigenvalue weighted by Crippen LogP contribution is -2.22. The van der Waals surface area contributed by atoms with Crippen molar-refractivity contribution in [3.8, 4) is 11.5 Å². The summed E-state index contributed by atoms with van der Waals surface area (Å²) in [6.07, 6.45) is 0.0414. The fraction of sp³-hybridized carbons (Fsp3) is 0.381. The molecule has 2 N–H and O–H groups in total. The summed E-state index contributed by atoms with van der Waals surface area (Å²) in [5.41, 5.74) is 1.51. The van der Waals surface area contributed by atoms with Crippen LogP contribution >= 0.6 is 0 Å². The minimum absolute atomic E-state index is 0.0414. The minimum Gasteiger partial charge on any atom is -0.493 e. The zero-order valence-corrected chi connectivity index (χ0v) is 15.9. The van der Waals surface area contributed by atoms with Gasteiger partial charge in [-0.25, -0.2) is 0 Å². The number of ether oxygens (including phenoxy) is 2. The number of carbonyl (C=O) groups is 1. The third-order valence-electron chi connectivity index (χ3n) is 3.39. The van der Waals surface area contributed by atoms with Crippen molar-refractivity contribution < 1.29 is 14.3 Å². The maximum atomic E-state index is 12.3. The van der Waals surface area contributed by atoms with Gasteiger partial charge < -0.3 is 20.1 Å². The van der Waals surface area contributed by atoms with E-state index < -0.39 is 0 Å². The van der Waals surface area contributed by atoms with Crippen molar-refractivity contribution in [3.63, 3.8) is 0 Å². The predicted molar refractivity (Wildman–Crippen MR) is 106 cm³/mol. The number of carbonyl (C=O) groups excluding carboxylic acids is 1. The average molecular weight is 356 g/mol. The molecule has 0 unspecified atom stereocenters. The first kappa shape index (κ1) is 19.6. The molecule has 0 fully saturated rings. The Balaban J connectivity index is 1.90. The van der Waals surface area contributed by atoms with Crippen molar-refractivity contribution in [2.75, 3.05) is 23.8 Å². The van der Waals surface area contributed by atoms with Gasteiger partial charge in [0.25, 0.3) is 0 Å². The lowest BCUT2D eigenvalue weighted by Gasteiger charge is -2.15. The van der Waals surface area contributed by atoms with Gasteiger partial charge in [0.15, 0.2) is 0 Å². The summed E-state index contributed by atoms with van der Waals surface area (Å²) in [5, 5.41) is 6.00. The Labute approximate surface area is 155 Å². The number of anilines is 2. The first-order valence-electron chi connectivity index (χ1n) is 8.96. The molecule has 26 heavy (non-hydrogen) atoms. The first-order chi connectivity index (χ1) is 12.4. The second-order valence-corrected chi connectivity index (χ2v) is 6.80. The van der Waals surface area contributed by atoms with E-state index in [4.69, 9.17) is 9.47 Å². The quantitative estimate of drug-likeness (QED) is 0.691. The standard InChI is InChI=1S/C21H28N2O3/c1-15(2)14-25-18-9-7-8-17(12-18)22-13-21(24)23-19-10-5-6-11-20(19)26-16(3)4/h5-12,15-16,22H,13-14H2,1-4H3,(H,23,24). The number of amides is 1. The van der Waals surface area contributed by atoms with E-state index >= 15 is 0 Å². The van der Waals surface area contributed by atoms with Gasteiger partial charge in [-0.2, -0.15) is 0 Å². The highest BCUT2D eigenvalue weighted by Crippen LogP contribution is 2.25. The van der Waals surface area contributed by atoms with E-state index in [0.29, 0.717) is 24.0 Å². The zero-order valence-electron chi connectivity index (χ0n) is 15.9. The van der Waals surface area contributed by atoms with Crippen LogP contribution in [0.2, 0.25) is 0 Å². The molecule has 2 rings (SSSR count). The number of nitrogens with one attached hydrogen (secondary N) is 2. The molecule has 0 atom stereocenters. The smallest absolute Gasteiger partial charge is 0.243 e. The highest BCUT2D eigenvalue weighted by Gasteiger charge is 2.09. The molecular weight excluding hydrogens is 328 g/mol. The van der Waals surface area contributed by atoms with Crippen molar-refractivity contribution in [3.05, 3.63) is 48.5 Å². The van der Waals surface area contributed by atoms with Crippen LogP contribution in [0.5, 0.6) is 11.5 Å². The summed E-state index contributed by atoms with van der Waals surface area (Å²) in [6.45, 7) is 8.93. The molecular formula is C21H28N2O3. The summed E-state index contributed by atoms with van der Waals surface area (Å²) in [4.78, 5) is 12.3. The molecule has 0 aromatic heterocycles.